The number of rotatable bonds is 3. The second-order valence-electron chi connectivity index (χ2n) is 5.87. The molecule has 1 amide bonds. The zero-order valence-electron chi connectivity index (χ0n) is 12.2. The molecule has 2 fully saturated rings. The quantitative estimate of drug-likeness (QED) is 0.915. The summed E-state index contributed by atoms with van der Waals surface area (Å²) >= 11 is 0. The highest BCUT2D eigenvalue weighted by molar-refractivity contribution is 5.85. The van der Waals surface area contributed by atoms with E-state index in [0.717, 1.165) is 32.7 Å². The van der Waals surface area contributed by atoms with Gasteiger partial charge in [-0.3, -0.25) is 4.79 Å². The van der Waals surface area contributed by atoms with Crippen molar-refractivity contribution in [2.24, 2.45) is 5.41 Å². The summed E-state index contributed by atoms with van der Waals surface area (Å²) in [6.07, 6.45) is 9.65. The second-order valence-corrected chi connectivity index (χ2v) is 5.87. The number of nitrogens with zero attached hydrogens (tertiary/aromatic N) is 3. The number of carbonyl (C=O) groups is 1. The predicted octanol–water partition coefficient (Wildman–Crippen LogP) is 1.72. The molecule has 0 aliphatic carbocycles. The summed E-state index contributed by atoms with van der Waals surface area (Å²) in [5, 5.41) is 3.41. The van der Waals surface area contributed by atoms with Gasteiger partial charge in [-0.25, -0.2) is 4.98 Å². The van der Waals surface area contributed by atoms with E-state index < -0.39 is 0 Å². The van der Waals surface area contributed by atoms with Crippen molar-refractivity contribution in [1.82, 2.24) is 19.8 Å². The molecule has 1 N–H and O–H groups in total. The van der Waals surface area contributed by atoms with Crippen molar-refractivity contribution in [1.29, 1.82) is 0 Å². The first-order valence-electron chi connectivity index (χ1n) is 7.22. The number of hydrogen-bond acceptors (Lipinski definition) is 3. The van der Waals surface area contributed by atoms with Gasteiger partial charge in [0.2, 0.25) is 5.91 Å². The monoisotopic (exact) mass is 334 g/mol. The predicted molar refractivity (Wildman–Crippen MR) is 87.1 cm³/mol. The molecule has 0 unspecified atom stereocenters. The number of amides is 1. The summed E-state index contributed by atoms with van der Waals surface area (Å²) in [5.41, 5.74) is 0.413. The lowest BCUT2D eigenvalue weighted by molar-refractivity contribution is -0.130. The van der Waals surface area contributed by atoms with E-state index in [0.29, 0.717) is 17.7 Å². The third-order valence-corrected chi connectivity index (χ3v) is 4.60. The van der Waals surface area contributed by atoms with Gasteiger partial charge in [0.05, 0.1) is 6.33 Å². The van der Waals surface area contributed by atoms with Crippen molar-refractivity contribution in [3.8, 4) is 0 Å². The summed E-state index contributed by atoms with van der Waals surface area (Å²) in [7, 11) is 0. The molecule has 0 saturated carbocycles. The van der Waals surface area contributed by atoms with Gasteiger partial charge in [-0.05, 0) is 37.8 Å². The number of likely N-dealkylation sites (tertiary alicyclic amines) is 1. The van der Waals surface area contributed by atoms with Gasteiger partial charge in [-0.1, -0.05) is 0 Å². The lowest BCUT2D eigenvalue weighted by Gasteiger charge is -2.33. The van der Waals surface area contributed by atoms with Crippen LogP contribution in [0.25, 0.3) is 0 Å². The molecule has 3 heterocycles. The van der Waals surface area contributed by atoms with E-state index in [-0.39, 0.29) is 24.8 Å². The zero-order valence-corrected chi connectivity index (χ0v) is 13.8. The van der Waals surface area contributed by atoms with Crippen LogP contribution in [0.3, 0.4) is 0 Å². The van der Waals surface area contributed by atoms with Crippen molar-refractivity contribution in [3.05, 3.63) is 18.7 Å². The van der Waals surface area contributed by atoms with Gasteiger partial charge < -0.3 is 14.8 Å². The standard InChI is InChI=1S/C14H22N4O.2ClH/c19-13(1-8-17-10-7-16-12-17)18-9-4-14(11-18)2-5-15-6-3-14;;/h7,10,12,15H,1-6,8-9,11H2;2*1H. The van der Waals surface area contributed by atoms with E-state index in [9.17, 15) is 4.79 Å². The highest BCUT2D eigenvalue weighted by Crippen LogP contribution is 2.38. The van der Waals surface area contributed by atoms with Crippen molar-refractivity contribution >= 4 is 30.7 Å². The van der Waals surface area contributed by atoms with Crippen LogP contribution < -0.4 is 5.32 Å². The fourth-order valence-electron chi connectivity index (χ4n) is 3.32. The van der Waals surface area contributed by atoms with E-state index in [2.05, 4.69) is 15.2 Å². The molecule has 0 bridgehead atoms. The Hall–Kier alpha value is -0.780. The van der Waals surface area contributed by atoms with Crippen LogP contribution in [-0.2, 0) is 11.3 Å². The molecule has 120 valence electrons. The molecule has 2 aliphatic rings. The second kappa shape index (κ2) is 8.01. The van der Waals surface area contributed by atoms with Crippen LogP contribution in [0.4, 0.5) is 0 Å². The van der Waals surface area contributed by atoms with Crippen LogP contribution in [0, 0.1) is 5.41 Å². The number of piperidine rings is 1. The van der Waals surface area contributed by atoms with E-state index in [1.807, 2.05) is 10.8 Å². The van der Waals surface area contributed by atoms with Gasteiger partial charge >= 0.3 is 0 Å². The van der Waals surface area contributed by atoms with E-state index in [1.54, 1.807) is 12.5 Å². The number of carbonyl (C=O) groups excluding carboxylic acids is 1. The van der Waals surface area contributed by atoms with Crippen LogP contribution in [0.2, 0.25) is 0 Å². The number of imidazole rings is 1. The Balaban J connectivity index is 0.00000110. The fraction of sp³-hybridized carbons (Fsp3) is 0.714. The molecular formula is C14H24Cl2N4O. The molecule has 2 saturated heterocycles. The molecular weight excluding hydrogens is 311 g/mol. The Labute approximate surface area is 138 Å². The number of halogens is 2. The minimum atomic E-state index is 0. The van der Waals surface area contributed by atoms with E-state index in [4.69, 9.17) is 0 Å². The normalized spacial score (nSPS) is 19.9. The maximum Gasteiger partial charge on any atom is 0.224 e. The van der Waals surface area contributed by atoms with Crippen LogP contribution >= 0.6 is 24.8 Å². The van der Waals surface area contributed by atoms with Crippen molar-refractivity contribution < 1.29 is 4.79 Å². The van der Waals surface area contributed by atoms with Crippen molar-refractivity contribution in [3.63, 3.8) is 0 Å². The Bertz CT molecular complexity index is 432. The number of nitrogens with one attached hydrogen (secondary N) is 1. The van der Waals surface area contributed by atoms with Gasteiger partial charge in [0.15, 0.2) is 0 Å². The molecule has 7 heteroatoms. The largest absolute Gasteiger partial charge is 0.342 e. The van der Waals surface area contributed by atoms with Gasteiger partial charge in [0.25, 0.3) is 0 Å². The van der Waals surface area contributed by atoms with Gasteiger partial charge in [-0.15, -0.1) is 24.8 Å². The third kappa shape index (κ3) is 4.34. The third-order valence-electron chi connectivity index (χ3n) is 4.60. The molecule has 2 aliphatic heterocycles. The smallest absolute Gasteiger partial charge is 0.224 e. The highest BCUT2D eigenvalue weighted by Gasteiger charge is 2.40. The Morgan fingerprint density at radius 1 is 1.24 bits per heavy atom. The van der Waals surface area contributed by atoms with Crippen LogP contribution in [-0.4, -0.2) is 46.5 Å². The van der Waals surface area contributed by atoms with Crippen LogP contribution in [0.5, 0.6) is 0 Å². The zero-order chi connectivity index (χ0) is 13.1. The maximum absolute atomic E-state index is 12.2. The Morgan fingerprint density at radius 2 is 2.00 bits per heavy atom. The number of hydrogen-bond donors (Lipinski definition) is 1. The summed E-state index contributed by atoms with van der Waals surface area (Å²) in [4.78, 5) is 18.3. The van der Waals surface area contributed by atoms with Crippen molar-refractivity contribution in [2.75, 3.05) is 26.2 Å². The molecule has 0 radical (unpaired) electrons. The fourth-order valence-corrected chi connectivity index (χ4v) is 3.32. The number of aromatic nitrogens is 2. The van der Waals surface area contributed by atoms with Crippen LogP contribution in [0.15, 0.2) is 18.7 Å². The molecule has 1 aromatic heterocycles. The average Bonchev–Trinajstić information content (AvgIpc) is 3.07. The van der Waals surface area contributed by atoms with Crippen LogP contribution in [0.1, 0.15) is 25.7 Å². The molecule has 0 aromatic carbocycles. The molecule has 0 atom stereocenters. The van der Waals surface area contributed by atoms with E-state index in [1.165, 1.54) is 19.3 Å². The Kier molecular flexibility index (Phi) is 6.97. The minimum Gasteiger partial charge on any atom is -0.342 e. The lowest BCUT2D eigenvalue weighted by Crippen LogP contribution is -2.39. The lowest BCUT2D eigenvalue weighted by atomic mass is 9.78. The van der Waals surface area contributed by atoms with E-state index >= 15 is 0 Å². The molecule has 1 aromatic rings. The molecule has 3 rings (SSSR count). The average molecular weight is 335 g/mol. The van der Waals surface area contributed by atoms with Crippen molar-refractivity contribution in [2.45, 2.75) is 32.2 Å². The first kappa shape index (κ1) is 18.3. The first-order valence-corrected chi connectivity index (χ1v) is 7.22. The molecule has 21 heavy (non-hydrogen) atoms. The number of aryl methyl sites for hydroxylation is 1. The summed E-state index contributed by atoms with van der Waals surface area (Å²) < 4.78 is 1.97. The SMILES string of the molecule is Cl.Cl.O=C(CCn1ccnc1)N1CCC2(CCNCC2)C1. The molecule has 1 spiro atoms. The highest BCUT2D eigenvalue weighted by atomic mass is 35.5. The minimum absolute atomic E-state index is 0. The molecule has 5 nitrogen and oxygen atoms in total. The Morgan fingerprint density at radius 3 is 2.67 bits per heavy atom. The van der Waals surface area contributed by atoms with Gasteiger partial charge in [-0.2, -0.15) is 0 Å². The summed E-state index contributed by atoms with van der Waals surface area (Å²) in [5.74, 6) is 0.295. The van der Waals surface area contributed by atoms with Gasteiger partial charge in [0.1, 0.15) is 0 Å². The first-order chi connectivity index (χ1) is 9.27. The summed E-state index contributed by atoms with van der Waals surface area (Å²) in [6, 6.07) is 0. The maximum atomic E-state index is 12.2. The topological polar surface area (TPSA) is 50.2 Å². The van der Waals surface area contributed by atoms with Gasteiger partial charge in [0, 0.05) is 38.4 Å². The summed E-state index contributed by atoms with van der Waals surface area (Å²) in [6.45, 7) is 4.87.